The molecule has 4 heteroatoms. The zero-order valence-electron chi connectivity index (χ0n) is 16.4. The molecule has 0 bridgehead atoms. The van der Waals surface area contributed by atoms with Gasteiger partial charge in [0.25, 0.3) is 0 Å². The summed E-state index contributed by atoms with van der Waals surface area (Å²) in [5, 5.41) is 0. The first-order chi connectivity index (χ1) is 12.6. The molecule has 0 heterocycles. The first kappa shape index (κ1) is 20.2. The van der Waals surface area contributed by atoms with Crippen LogP contribution in [0, 0.1) is 5.41 Å². The molecule has 0 saturated carbocycles. The summed E-state index contributed by atoms with van der Waals surface area (Å²) >= 11 is 0. The highest BCUT2D eigenvalue weighted by Gasteiger charge is 2.54. The summed E-state index contributed by atoms with van der Waals surface area (Å²) < 4.78 is 10.8. The normalized spacial score (nSPS) is 15.4. The number of hydrogen-bond donors (Lipinski definition) is 0. The fraction of sp³-hybridized carbons (Fsp3) is 0.545. The Balaban J connectivity index is 2.77. The molecule has 1 aromatic carbocycles. The largest absolute Gasteiger partial charge is 0.465 e. The second-order valence-corrected chi connectivity index (χ2v) is 6.64. The van der Waals surface area contributed by atoms with Crippen LogP contribution in [0.15, 0.2) is 29.8 Å². The molecule has 0 N–H and O–H groups in total. The number of carbonyl (C=O) groups is 2. The van der Waals surface area contributed by atoms with Gasteiger partial charge in [0.15, 0.2) is 5.41 Å². The van der Waals surface area contributed by atoms with Gasteiger partial charge in [-0.3, -0.25) is 9.59 Å². The van der Waals surface area contributed by atoms with Gasteiger partial charge in [0, 0.05) is 6.42 Å². The smallest absolute Gasteiger partial charge is 0.328 e. The fourth-order valence-corrected chi connectivity index (χ4v) is 3.91. The summed E-state index contributed by atoms with van der Waals surface area (Å²) in [6.07, 6.45) is 3.61. The molecule has 1 aliphatic carbocycles. The third kappa shape index (κ3) is 3.55. The van der Waals surface area contributed by atoms with E-state index in [-0.39, 0.29) is 13.2 Å². The van der Waals surface area contributed by atoms with Crippen LogP contribution in [0.5, 0.6) is 0 Å². The van der Waals surface area contributed by atoms with E-state index in [0.29, 0.717) is 12.8 Å². The van der Waals surface area contributed by atoms with Crippen molar-refractivity contribution < 1.29 is 19.1 Å². The Bertz CT molecular complexity index is 669. The van der Waals surface area contributed by atoms with E-state index in [9.17, 15) is 9.59 Å². The highest BCUT2D eigenvalue weighted by Crippen LogP contribution is 2.48. The molecule has 2 rings (SSSR count). The van der Waals surface area contributed by atoms with Crippen molar-refractivity contribution in [3.63, 3.8) is 0 Å². The van der Waals surface area contributed by atoms with Gasteiger partial charge in [-0.1, -0.05) is 51.0 Å². The molecule has 0 fully saturated rings. The summed E-state index contributed by atoms with van der Waals surface area (Å²) in [5.41, 5.74) is 2.80. The number of hydrogen-bond acceptors (Lipinski definition) is 4. The quantitative estimate of drug-likeness (QED) is 0.499. The summed E-state index contributed by atoms with van der Waals surface area (Å²) in [4.78, 5) is 26.2. The number of ether oxygens (including phenoxy) is 2. The molecule has 1 aliphatic rings. The number of rotatable bonds is 8. The van der Waals surface area contributed by atoms with E-state index in [1.165, 1.54) is 0 Å². The molecule has 1 aromatic rings. The second-order valence-electron chi connectivity index (χ2n) is 6.64. The Labute approximate surface area is 156 Å². The van der Waals surface area contributed by atoms with Crippen LogP contribution < -0.4 is 0 Å². The predicted octanol–water partition coefficient (Wildman–Crippen LogP) is 4.71. The van der Waals surface area contributed by atoms with Crippen LogP contribution in [0.1, 0.15) is 64.5 Å². The SMILES string of the molecule is CCCC1=C(CCC)C(C(=O)OCC)(C(=O)OCC)Cc2ccccc21. The zero-order valence-corrected chi connectivity index (χ0v) is 16.4. The van der Waals surface area contributed by atoms with E-state index in [2.05, 4.69) is 19.9 Å². The number of carbonyl (C=O) groups excluding carboxylic acids is 2. The fourth-order valence-electron chi connectivity index (χ4n) is 3.91. The van der Waals surface area contributed by atoms with Crippen LogP contribution in [0.2, 0.25) is 0 Å². The Morgan fingerprint density at radius 3 is 2.04 bits per heavy atom. The summed E-state index contributed by atoms with van der Waals surface area (Å²) in [6.45, 7) is 8.20. The first-order valence-corrected chi connectivity index (χ1v) is 9.71. The lowest BCUT2D eigenvalue weighted by Crippen LogP contribution is -2.47. The van der Waals surface area contributed by atoms with Gasteiger partial charge < -0.3 is 9.47 Å². The highest BCUT2D eigenvalue weighted by molar-refractivity contribution is 6.07. The molecule has 0 radical (unpaired) electrons. The maximum absolute atomic E-state index is 13.1. The molecule has 4 nitrogen and oxygen atoms in total. The lowest BCUT2D eigenvalue weighted by Gasteiger charge is -2.38. The monoisotopic (exact) mass is 358 g/mol. The van der Waals surface area contributed by atoms with E-state index in [0.717, 1.165) is 41.5 Å². The van der Waals surface area contributed by atoms with Gasteiger partial charge in [0.1, 0.15) is 0 Å². The molecule has 0 atom stereocenters. The van der Waals surface area contributed by atoms with Gasteiger partial charge in [0.05, 0.1) is 13.2 Å². The Morgan fingerprint density at radius 2 is 1.50 bits per heavy atom. The van der Waals surface area contributed by atoms with Crippen LogP contribution in [0.25, 0.3) is 5.57 Å². The first-order valence-electron chi connectivity index (χ1n) is 9.71. The van der Waals surface area contributed by atoms with Gasteiger partial charge in [0.2, 0.25) is 0 Å². The van der Waals surface area contributed by atoms with Crippen molar-refractivity contribution in [1.82, 2.24) is 0 Å². The minimum atomic E-state index is -1.36. The zero-order chi connectivity index (χ0) is 19.2. The van der Waals surface area contributed by atoms with E-state index in [4.69, 9.17) is 9.47 Å². The Hall–Kier alpha value is -2.10. The van der Waals surface area contributed by atoms with Crippen LogP contribution in [-0.4, -0.2) is 25.2 Å². The molecule has 0 unspecified atom stereocenters. The van der Waals surface area contributed by atoms with Crippen molar-refractivity contribution in [3.8, 4) is 0 Å². The van der Waals surface area contributed by atoms with Crippen LogP contribution in [-0.2, 0) is 25.5 Å². The van der Waals surface area contributed by atoms with Gasteiger partial charge >= 0.3 is 11.9 Å². The number of esters is 2. The Kier molecular flexibility index (Phi) is 7.01. The average molecular weight is 358 g/mol. The highest BCUT2D eigenvalue weighted by atomic mass is 16.6. The van der Waals surface area contributed by atoms with Gasteiger partial charge in [-0.15, -0.1) is 0 Å². The van der Waals surface area contributed by atoms with Crippen molar-refractivity contribution >= 4 is 17.5 Å². The standard InChI is InChI=1S/C22H30O4/c1-5-11-18-17-14-10-9-13-16(17)15-22(19(18)12-6-2,20(23)25-7-3)21(24)26-8-4/h9-10,13-14H,5-8,11-12,15H2,1-4H3. The summed E-state index contributed by atoms with van der Waals surface area (Å²) in [5.74, 6) is -0.963. The van der Waals surface area contributed by atoms with Crippen molar-refractivity contribution in [2.75, 3.05) is 13.2 Å². The van der Waals surface area contributed by atoms with Gasteiger partial charge in [-0.2, -0.15) is 0 Å². The second kappa shape index (κ2) is 9.02. The molecule has 0 aliphatic heterocycles. The average Bonchev–Trinajstić information content (AvgIpc) is 2.63. The molecular weight excluding hydrogens is 328 g/mol. The van der Waals surface area contributed by atoms with Crippen LogP contribution in [0.3, 0.4) is 0 Å². The lowest BCUT2D eigenvalue weighted by molar-refractivity contribution is -0.169. The van der Waals surface area contributed by atoms with Gasteiger partial charge in [-0.05, 0) is 49.0 Å². The third-order valence-corrected chi connectivity index (χ3v) is 4.93. The third-order valence-electron chi connectivity index (χ3n) is 4.93. The molecule has 26 heavy (non-hydrogen) atoms. The maximum atomic E-state index is 13.1. The summed E-state index contributed by atoms with van der Waals surface area (Å²) in [6, 6.07) is 8.06. The molecule has 0 amide bonds. The molecule has 0 spiro atoms. The van der Waals surface area contributed by atoms with E-state index in [1.807, 2.05) is 18.2 Å². The minimum Gasteiger partial charge on any atom is -0.465 e. The van der Waals surface area contributed by atoms with Crippen molar-refractivity contribution in [3.05, 3.63) is 41.0 Å². The predicted molar refractivity (Wildman–Crippen MR) is 103 cm³/mol. The van der Waals surface area contributed by atoms with E-state index >= 15 is 0 Å². The maximum Gasteiger partial charge on any atom is 0.328 e. The summed E-state index contributed by atoms with van der Waals surface area (Å²) in [7, 11) is 0. The minimum absolute atomic E-state index is 0.240. The molecular formula is C22H30O4. The number of benzene rings is 1. The lowest BCUT2D eigenvalue weighted by atomic mass is 9.65. The van der Waals surface area contributed by atoms with Crippen molar-refractivity contribution in [1.29, 1.82) is 0 Å². The molecule has 0 saturated heterocycles. The van der Waals surface area contributed by atoms with E-state index < -0.39 is 17.4 Å². The van der Waals surface area contributed by atoms with Gasteiger partial charge in [-0.25, -0.2) is 0 Å². The molecule has 142 valence electrons. The number of fused-ring (bicyclic) bond motifs is 1. The van der Waals surface area contributed by atoms with Crippen molar-refractivity contribution in [2.24, 2.45) is 5.41 Å². The van der Waals surface area contributed by atoms with Crippen molar-refractivity contribution in [2.45, 2.75) is 59.8 Å². The van der Waals surface area contributed by atoms with E-state index in [1.54, 1.807) is 13.8 Å². The molecule has 0 aromatic heterocycles. The van der Waals surface area contributed by atoms with Crippen LogP contribution >= 0.6 is 0 Å². The number of allylic oxidation sites excluding steroid dienone is 1. The van der Waals surface area contributed by atoms with Crippen LogP contribution in [0.4, 0.5) is 0 Å². The Morgan fingerprint density at radius 1 is 0.923 bits per heavy atom. The topological polar surface area (TPSA) is 52.6 Å².